The summed E-state index contributed by atoms with van der Waals surface area (Å²) in [5, 5.41) is 24.2. The molecule has 0 aliphatic carbocycles. The average Bonchev–Trinajstić information content (AvgIpc) is 2.68. The van der Waals surface area contributed by atoms with E-state index >= 15 is 0 Å². The highest BCUT2D eigenvalue weighted by Gasteiger charge is 2.22. The summed E-state index contributed by atoms with van der Waals surface area (Å²) < 4.78 is 0. The number of rotatable bonds is 3. The number of phenols is 2. The maximum atomic E-state index is 11.7. The maximum Gasteiger partial charge on any atom is 0.150 e. The molecule has 0 saturated carbocycles. The molecule has 0 unspecified atom stereocenters. The van der Waals surface area contributed by atoms with Gasteiger partial charge in [0.05, 0.1) is 0 Å². The molecular weight excluding hydrogens is 328 g/mol. The molecule has 0 aliphatic heterocycles. The molecule has 0 radical (unpaired) electrons. The minimum absolute atomic E-state index is 0.140. The summed E-state index contributed by atoms with van der Waals surface area (Å²) in [7, 11) is 0. The Bertz CT molecular complexity index is 1100. The lowest BCUT2D eigenvalue weighted by Gasteiger charge is -2.16. The van der Waals surface area contributed by atoms with Crippen molar-refractivity contribution in [2.45, 2.75) is 0 Å². The molecule has 0 saturated heterocycles. The van der Waals surface area contributed by atoms with Crippen molar-refractivity contribution in [3.8, 4) is 22.6 Å². The first-order chi connectivity index (χ1) is 12.7. The first kappa shape index (κ1) is 15.8. The van der Waals surface area contributed by atoms with E-state index in [2.05, 4.69) is 0 Å². The highest BCUT2D eigenvalue weighted by atomic mass is 16.3. The van der Waals surface area contributed by atoms with E-state index in [1.54, 1.807) is 60.7 Å². The topological polar surface area (TPSA) is 74.6 Å². The lowest BCUT2D eigenvalue weighted by atomic mass is 9.89. The van der Waals surface area contributed by atoms with Gasteiger partial charge < -0.3 is 10.2 Å². The van der Waals surface area contributed by atoms with E-state index in [4.69, 9.17) is 0 Å². The number of fused-ring (bicyclic) bond motifs is 2. The third-order valence-corrected chi connectivity index (χ3v) is 4.61. The number of aldehydes is 2. The smallest absolute Gasteiger partial charge is 0.150 e. The Morgan fingerprint density at radius 1 is 0.615 bits per heavy atom. The van der Waals surface area contributed by atoms with Crippen molar-refractivity contribution in [1.29, 1.82) is 0 Å². The van der Waals surface area contributed by atoms with Crippen molar-refractivity contribution in [1.82, 2.24) is 0 Å². The van der Waals surface area contributed by atoms with Gasteiger partial charge in [0.15, 0.2) is 12.6 Å². The number of hydrogen-bond donors (Lipinski definition) is 2. The van der Waals surface area contributed by atoms with Crippen LogP contribution in [0.15, 0.2) is 60.7 Å². The van der Waals surface area contributed by atoms with E-state index in [9.17, 15) is 19.8 Å². The molecule has 0 aromatic heterocycles. The standard InChI is InChI=1S/C22H14O4/c23-11-15-9-13-5-1-3-7-17(13)21(25)19(15)20-16(12-24)10-14-6-2-4-8-18(14)22(20)26/h1-12,25-26H. The lowest BCUT2D eigenvalue weighted by Crippen LogP contribution is -1.96. The van der Waals surface area contributed by atoms with Crippen LogP contribution in [0.1, 0.15) is 20.7 Å². The van der Waals surface area contributed by atoms with Crippen molar-refractivity contribution in [3.63, 3.8) is 0 Å². The van der Waals surface area contributed by atoms with Crippen LogP contribution < -0.4 is 0 Å². The van der Waals surface area contributed by atoms with E-state index < -0.39 is 0 Å². The maximum absolute atomic E-state index is 11.7. The molecule has 0 aliphatic rings. The third kappa shape index (κ3) is 2.24. The van der Waals surface area contributed by atoms with E-state index in [-0.39, 0.29) is 33.8 Å². The Hall–Kier alpha value is -3.66. The van der Waals surface area contributed by atoms with Crippen molar-refractivity contribution in [2.75, 3.05) is 0 Å². The molecule has 26 heavy (non-hydrogen) atoms. The van der Waals surface area contributed by atoms with Gasteiger partial charge in [0.25, 0.3) is 0 Å². The Labute approximate surface area is 148 Å². The SMILES string of the molecule is O=Cc1cc2ccccc2c(O)c1-c1c(C=O)cc2ccccc2c1O. The summed E-state index contributed by atoms with van der Waals surface area (Å²) in [6.07, 6.45) is 1.23. The quantitative estimate of drug-likeness (QED) is 0.529. The lowest BCUT2D eigenvalue weighted by molar-refractivity contribution is 0.111. The second-order valence-electron chi connectivity index (χ2n) is 6.06. The predicted octanol–water partition coefficient (Wildman–Crippen LogP) is 4.70. The summed E-state index contributed by atoms with van der Waals surface area (Å²) >= 11 is 0. The minimum atomic E-state index is -0.140. The fourth-order valence-electron chi connectivity index (χ4n) is 3.41. The van der Waals surface area contributed by atoms with E-state index in [1.807, 2.05) is 0 Å². The van der Waals surface area contributed by atoms with E-state index in [0.717, 1.165) is 0 Å². The van der Waals surface area contributed by atoms with Gasteiger partial charge in [0.2, 0.25) is 0 Å². The van der Waals surface area contributed by atoms with Crippen LogP contribution in [0.25, 0.3) is 32.7 Å². The molecule has 4 aromatic carbocycles. The summed E-state index contributed by atoms with van der Waals surface area (Å²) in [5.74, 6) is -0.280. The van der Waals surface area contributed by atoms with Crippen LogP contribution in [-0.4, -0.2) is 22.8 Å². The van der Waals surface area contributed by atoms with Crippen LogP contribution in [0, 0.1) is 0 Å². The Morgan fingerprint density at radius 3 is 1.38 bits per heavy atom. The molecule has 0 bridgehead atoms. The van der Waals surface area contributed by atoms with Crippen LogP contribution in [0.2, 0.25) is 0 Å². The van der Waals surface area contributed by atoms with Crippen LogP contribution >= 0.6 is 0 Å². The molecular formula is C22H14O4. The zero-order chi connectivity index (χ0) is 18.3. The number of benzene rings is 4. The number of hydrogen-bond acceptors (Lipinski definition) is 4. The fourth-order valence-corrected chi connectivity index (χ4v) is 3.41. The molecule has 0 atom stereocenters. The minimum Gasteiger partial charge on any atom is -0.507 e. The van der Waals surface area contributed by atoms with Crippen LogP contribution in [0.4, 0.5) is 0 Å². The monoisotopic (exact) mass is 342 g/mol. The van der Waals surface area contributed by atoms with Gasteiger partial charge >= 0.3 is 0 Å². The average molecular weight is 342 g/mol. The highest BCUT2D eigenvalue weighted by molar-refractivity contribution is 6.10. The number of carbonyl (C=O) groups excluding carboxylic acids is 2. The van der Waals surface area contributed by atoms with Crippen molar-refractivity contribution in [2.24, 2.45) is 0 Å². The van der Waals surface area contributed by atoms with Gasteiger partial charge in [0, 0.05) is 33.0 Å². The van der Waals surface area contributed by atoms with Crippen molar-refractivity contribution in [3.05, 3.63) is 71.8 Å². The third-order valence-electron chi connectivity index (χ3n) is 4.61. The van der Waals surface area contributed by atoms with Crippen LogP contribution in [0.5, 0.6) is 11.5 Å². The molecule has 0 heterocycles. The molecule has 0 spiro atoms. The number of carbonyl (C=O) groups is 2. The molecule has 0 amide bonds. The first-order valence-electron chi connectivity index (χ1n) is 8.06. The van der Waals surface area contributed by atoms with Crippen LogP contribution in [0.3, 0.4) is 0 Å². The predicted molar refractivity (Wildman–Crippen MR) is 101 cm³/mol. The largest absolute Gasteiger partial charge is 0.507 e. The first-order valence-corrected chi connectivity index (χ1v) is 8.06. The second kappa shape index (κ2) is 6.01. The molecule has 4 rings (SSSR count). The molecule has 0 fully saturated rings. The van der Waals surface area contributed by atoms with E-state index in [0.29, 0.717) is 34.1 Å². The zero-order valence-corrected chi connectivity index (χ0v) is 13.6. The summed E-state index contributed by atoms with van der Waals surface area (Å²) in [5.41, 5.74) is 0.720. The van der Waals surface area contributed by atoms with Gasteiger partial charge in [-0.3, -0.25) is 9.59 Å². The van der Waals surface area contributed by atoms with Gasteiger partial charge in [-0.25, -0.2) is 0 Å². The number of phenolic OH excluding ortho intramolecular Hbond substituents is 2. The van der Waals surface area contributed by atoms with Gasteiger partial charge in [-0.05, 0) is 22.9 Å². The molecule has 4 heteroatoms. The van der Waals surface area contributed by atoms with Crippen molar-refractivity contribution < 1.29 is 19.8 Å². The van der Waals surface area contributed by atoms with E-state index in [1.165, 1.54) is 0 Å². The fraction of sp³-hybridized carbons (Fsp3) is 0. The molecule has 4 nitrogen and oxygen atoms in total. The van der Waals surface area contributed by atoms with Gasteiger partial charge in [-0.2, -0.15) is 0 Å². The second-order valence-corrected chi connectivity index (χ2v) is 6.06. The van der Waals surface area contributed by atoms with Gasteiger partial charge in [0.1, 0.15) is 11.5 Å². The van der Waals surface area contributed by atoms with Gasteiger partial charge in [-0.15, -0.1) is 0 Å². The summed E-state index contributed by atoms with van der Waals surface area (Å²) in [6.45, 7) is 0. The molecule has 126 valence electrons. The highest BCUT2D eigenvalue weighted by Crippen LogP contribution is 2.46. The normalized spacial score (nSPS) is 10.9. The Morgan fingerprint density at radius 2 is 1.00 bits per heavy atom. The Kier molecular flexibility index (Phi) is 3.66. The van der Waals surface area contributed by atoms with Crippen molar-refractivity contribution >= 4 is 34.1 Å². The molecule has 2 N–H and O–H groups in total. The van der Waals surface area contributed by atoms with Crippen LogP contribution in [-0.2, 0) is 0 Å². The Balaban J connectivity index is 2.20. The summed E-state index contributed by atoms with van der Waals surface area (Å²) in [4.78, 5) is 23.4. The zero-order valence-electron chi connectivity index (χ0n) is 13.6. The van der Waals surface area contributed by atoms with Gasteiger partial charge in [-0.1, -0.05) is 48.5 Å². The molecule has 4 aromatic rings. The number of aromatic hydroxyl groups is 2. The summed E-state index contributed by atoms with van der Waals surface area (Å²) in [6, 6.07) is 17.4.